The number of rotatable bonds is 2. The minimum atomic E-state index is -0.331. The maximum Gasteiger partial charge on any atom is 0.146 e. The van der Waals surface area contributed by atoms with E-state index < -0.39 is 0 Å². The Hall–Kier alpha value is -2.62. The molecule has 0 radical (unpaired) electrons. The maximum absolute atomic E-state index is 13.6. The van der Waals surface area contributed by atoms with Crippen LogP contribution in [0.25, 0.3) is 10.9 Å². The molecule has 2 aromatic carbocycles. The molecule has 1 heterocycles. The van der Waals surface area contributed by atoms with Crippen molar-refractivity contribution in [1.82, 2.24) is 4.98 Å². The lowest BCUT2D eigenvalue weighted by atomic mass is 10.1. The normalized spacial score (nSPS) is 10.7. The van der Waals surface area contributed by atoms with Gasteiger partial charge in [-0.05, 0) is 42.8 Å². The van der Waals surface area contributed by atoms with Crippen LogP contribution in [0.5, 0.6) is 5.75 Å². The van der Waals surface area contributed by atoms with Crippen LogP contribution < -0.4 is 5.32 Å². The molecule has 0 amide bonds. The predicted octanol–water partition coefficient (Wildman–Crippen LogP) is 4.13. The standard InChI is InChI=1S/C16H13FN2O/c1-10-9-15(18-12-6-3-2-5-11(12)17)19-13-7-4-8-14(20)16(10)13/h2-9,20H,1H3,(H,18,19). The number of para-hydroxylation sites is 1. The summed E-state index contributed by atoms with van der Waals surface area (Å²) in [7, 11) is 0. The van der Waals surface area contributed by atoms with Gasteiger partial charge in [-0.25, -0.2) is 9.37 Å². The summed E-state index contributed by atoms with van der Waals surface area (Å²) in [4.78, 5) is 4.40. The first-order valence-corrected chi connectivity index (χ1v) is 6.26. The van der Waals surface area contributed by atoms with Gasteiger partial charge in [0.25, 0.3) is 0 Å². The monoisotopic (exact) mass is 268 g/mol. The fourth-order valence-corrected chi connectivity index (χ4v) is 2.23. The SMILES string of the molecule is Cc1cc(Nc2ccccc2F)nc2cccc(O)c12. The first kappa shape index (κ1) is 12.4. The minimum absolute atomic E-state index is 0.199. The summed E-state index contributed by atoms with van der Waals surface area (Å²) in [5.41, 5.74) is 1.93. The molecular weight excluding hydrogens is 255 g/mol. The number of nitrogens with one attached hydrogen (secondary N) is 1. The molecular formula is C16H13FN2O. The van der Waals surface area contributed by atoms with Crippen molar-refractivity contribution in [2.24, 2.45) is 0 Å². The highest BCUT2D eigenvalue weighted by Crippen LogP contribution is 2.29. The molecule has 100 valence electrons. The summed E-state index contributed by atoms with van der Waals surface area (Å²) in [6.07, 6.45) is 0. The molecule has 0 atom stereocenters. The smallest absolute Gasteiger partial charge is 0.146 e. The third-order valence-electron chi connectivity index (χ3n) is 3.15. The van der Waals surface area contributed by atoms with Crippen LogP contribution >= 0.6 is 0 Å². The number of aromatic hydroxyl groups is 1. The van der Waals surface area contributed by atoms with Crippen molar-refractivity contribution in [2.45, 2.75) is 6.92 Å². The number of hydrogen-bond acceptors (Lipinski definition) is 3. The Morgan fingerprint density at radius 1 is 1.10 bits per heavy atom. The number of hydrogen-bond donors (Lipinski definition) is 2. The number of phenolic OH excluding ortho intramolecular Hbond substituents is 1. The average molecular weight is 268 g/mol. The number of benzene rings is 2. The molecule has 0 fully saturated rings. The van der Waals surface area contributed by atoms with Crippen LogP contribution in [0.4, 0.5) is 15.9 Å². The molecule has 0 aliphatic heterocycles. The fourth-order valence-electron chi connectivity index (χ4n) is 2.23. The van der Waals surface area contributed by atoms with Crippen LogP contribution in [0.2, 0.25) is 0 Å². The van der Waals surface area contributed by atoms with E-state index in [9.17, 15) is 9.50 Å². The molecule has 0 aliphatic carbocycles. The summed E-state index contributed by atoms with van der Waals surface area (Å²) >= 11 is 0. The van der Waals surface area contributed by atoms with Crippen molar-refractivity contribution < 1.29 is 9.50 Å². The number of fused-ring (bicyclic) bond motifs is 1. The molecule has 0 aliphatic rings. The van der Waals surface area contributed by atoms with Gasteiger partial charge < -0.3 is 10.4 Å². The van der Waals surface area contributed by atoms with Gasteiger partial charge >= 0.3 is 0 Å². The zero-order valence-corrected chi connectivity index (χ0v) is 10.9. The van der Waals surface area contributed by atoms with Crippen LogP contribution in [-0.4, -0.2) is 10.1 Å². The Morgan fingerprint density at radius 2 is 1.90 bits per heavy atom. The lowest BCUT2D eigenvalue weighted by molar-refractivity contribution is 0.481. The van der Waals surface area contributed by atoms with Crippen LogP contribution in [0.15, 0.2) is 48.5 Å². The molecule has 0 saturated carbocycles. The zero-order chi connectivity index (χ0) is 14.1. The van der Waals surface area contributed by atoms with Crippen molar-refractivity contribution in [2.75, 3.05) is 5.32 Å². The predicted molar refractivity (Wildman–Crippen MR) is 77.8 cm³/mol. The first-order valence-electron chi connectivity index (χ1n) is 6.26. The lowest BCUT2D eigenvalue weighted by Crippen LogP contribution is -1.97. The topological polar surface area (TPSA) is 45.2 Å². The zero-order valence-electron chi connectivity index (χ0n) is 10.9. The fraction of sp³-hybridized carbons (Fsp3) is 0.0625. The molecule has 1 aromatic heterocycles. The van der Waals surface area contributed by atoms with E-state index in [2.05, 4.69) is 10.3 Å². The number of nitrogens with zero attached hydrogens (tertiary/aromatic N) is 1. The van der Waals surface area contributed by atoms with Gasteiger partial charge in [0.05, 0.1) is 11.2 Å². The number of anilines is 2. The molecule has 0 unspecified atom stereocenters. The van der Waals surface area contributed by atoms with Crippen molar-refractivity contribution in [3.8, 4) is 5.75 Å². The van der Waals surface area contributed by atoms with Gasteiger partial charge in [0.15, 0.2) is 0 Å². The van der Waals surface area contributed by atoms with Gasteiger partial charge in [-0.3, -0.25) is 0 Å². The van der Waals surface area contributed by atoms with E-state index in [1.165, 1.54) is 6.07 Å². The largest absolute Gasteiger partial charge is 0.507 e. The van der Waals surface area contributed by atoms with Crippen molar-refractivity contribution in [1.29, 1.82) is 0 Å². The molecule has 0 bridgehead atoms. The van der Waals surface area contributed by atoms with Crippen molar-refractivity contribution >= 4 is 22.4 Å². The number of halogens is 1. The Balaban J connectivity index is 2.08. The van der Waals surface area contributed by atoms with Gasteiger partial charge in [-0.1, -0.05) is 18.2 Å². The van der Waals surface area contributed by atoms with E-state index in [0.29, 0.717) is 22.4 Å². The van der Waals surface area contributed by atoms with Gasteiger partial charge in [-0.15, -0.1) is 0 Å². The summed E-state index contributed by atoms with van der Waals surface area (Å²) in [6.45, 7) is 1.89. The lowest BCUT2D eigenvalue weighted by Gasteiger charge is -2.10. The average Bonchev–Trinajstić information content (AvgIpc) is 2.41. The Bertz CT molecular complexity index is 787. The van der Waals surface area contributed by atoms with E-state index >= 15 is 0 Å². The maximum atomic E-state index is 13.6. The molecule has 4 heteroatoms. The quantitative estimate of drug-likeness (QED) is 0.734. The highest BCUT2D eigenvalue weighted by Gasteiger charge is 2.08. The number of phenols is 1. The Labute approximate surface area is 115 Å². The molecule has 0 saturated heterocycles. The van der Waals surface area contributed by atoms with Gasteiger partial charge in [-0.2, -0.15) is 0 Å². The third-order valence-corrected chi connectivity index (χ3v) is 3.15. The van der Waals surface area contributed by atoms with E-state index in [1.54, 1.807) is 36.4 Å². The molecule has 3 aromatic rings. The highest BCUT2D eigenvalue weighted by molar-refractivity contribution is 5.89. The summed E-state index contributed by atoms with van der Waals surface area (Å²) in [6, 6.07) is 13.4. The van der Waals surface area contributed by atoms with Crippen LogP contribution in [0.3, 0.4) is 0 Å². The highest BCUT2D eigenvalue weighted by atomic mass is 19.1. The van der Waals surface area contributed by atoms with Crippen molar-refractivity contribution in [3.63, 3.8) is 0 Å². The molecule has 2 N–H and O–H groups in total. The number of aryl methyl sites for hydroxylation is 1. The molecule has 20 heavy (non-hydrogen) atoms. The van der Waals surface area contributed by atoms with Crippen LogP contribution in [-0.2, 0) is 0 Å². The van der Waals surface area contributed by atoms with E-state index in [4.69, 9.17) is 0 Å². The van der Waals surface area contributed by atoms with Crippen molar-refractivity contribution in [3.05, 3.63) is 59.9 Å². The third kappa shape index (κ3) is 2.16. The van der Waals surface area contributed by atoms with E-state index in [1.807, 2.05) is 13.0 Å². The van der Waals surface area contributed by atoms with E-state index in [0.717, 1.165) is 5.56 Å². The molecule has 3 nitrogen and oxygen atoms in total. The first-order chi connectivity index (χ1) is 9.65. The Morgan fingerprint density at radius 3 is 2.70 bits per heavy atom. The number of aromatic nitrogens is 1. The van der Waals surface area contributed by atoms with Gasteiger partial charge in [0.1, 0.15) is 17.4 Å². The van der Waals surface area contributed by atoms with Gasteiger partial charge in [0, 0.05) is 5.39 Å². The summed E-state index contributed by atoms with van der Waals surface area (Å²) in [5, 5.41) is 13.5. The van der Waals surface area contributed by atoms with Gasteiger partial charge in [0.2, 0.25) is 0 Å². The summed E-state index contributed by atoms with van der Waals surface area (Å²) in [5.74, 6) is 0.415. The second kappa shape index (κ2) is 4.81. The minimum Gasteiger partial charge on any atom is -0.507 e. The van der Waals surface area contributed by atoms with Crippen LogP contribution in [0.1, 0.15) is 5.56 Å². The van der Waals surface area contributed by atoms with E-state index in [-0.39, 0.29) is 11.6 Å². The number of pyridine rings is 1. The van der Waals surface area contributed by atoms with Crippen LogP contribution in [0, 0.1) is 12.7 Å². The molecule has 0 spiro atoms. The Kier molecular flexibility index (Phi) is 2.99. The second-order valence-electron chi connectivity index (χ2n) is 4.60. The summed E-state index contributed by atoms with van der Waals surface area (Å²) < 4.78 is 13.6. The second-order valence-corrected chi connectivity index (χ2v) is 4.60. The molecule has 3 rings (SSSR count).